The first kappa shape index (κ1) is 15.2. The molecule has 1 nitrogen and oxygen atoms in total. The summed E-state index contributed by atoms with van der Waals surface area (Å²) in [5, 5.41) is 4.93. The van der Waals surface area contributed by atoms with Gasteiger partial charge >= 0.3 is 0 Å². The van der Waals surface area contributed by atoms with Crippen molar-refractivity contribution in [1.29, 1.82) is 0 Å². The molecule has 25 heavy (non-hydrogen) atoms. The minimum Gasteiger partial charge on any atom is -0.354 e. The third-order valence-electron chi connectivity index (χ3n) is 4.71. The number of hydrogen-bond acceptors (Lipinski definition) is 0. The Kier molecular flexibility index (Phi) is 3.47. The molecule has 1 heterocycles. The van der Waals surface area contributed by atoms with Crippen LogP contribution < -0.4 is 0 Å². The summed E-state index contributed by atoms with van der Waals surface area (Å²) in [5.74, 6) is 0. The molecule has 3 heteroatoms. The van der Waals surface area contributed by atoms with E-state index in [-0.39, 0.29) is 0 Å². The van der Waals surface area contributed by atoms with Crippen LogP contribution in [0.15, 0.2) is 81.7 Å². The van der Waals surface area contributed by atoms with Gasteiger partial charge in [-0.15, -0.1) is 0 Å². The Morgan fingerprint density at radius 2 is 1.48 bits per heavy atom. The van der Waals surface area contributed by atoms with Gasteiger partial charge in [0.1, 0.15) is 0 Å². The second kappa shape index (κ2) is 5.72. The van der Waals surface area contributed by atoms with Crippen molar-refractivity contribution >= 4 is 64.4 Å². The van der Waals surface area contributed by atoms with Crippen molar-refractivity contribution in [3.63, 3.8) is 0 Å². The third-order valence-corrected chi connectivity index (χ3v) is 5.83. The molecule has 0 amide bonds. The highest BCUT2D eigenvalue weighted by Gasteiger charge is 2.12. The topological polar surface area (TPSA) is 15.8 Å². The SMILES string of the molecule is Brc1ccc2c(c1)cc(Br)c1c3ccc(-c4ccccc4)cc3[nH]c21. The summed E-state index contributed by atoms with van der Waals surface area (Å²) >= 11 is 7.34. The largest absolute Gasteiger partial charge is 0.354 e. The smallest absolute Gasteiger partial charge is 0.0556 e. The molecule has 0 aliphatic carbocycles. The first-order valence-electron chi connectivity index (χ1n) is 8.09. The minimum atomic E-state index is 1.09. The van der Waals surface area contributed by atoms with E-state index in [1.54, 1.807) is 0 Å². The van der Waals surface area contributed by atoms with Gasteiger partial charge in [0, 0.05) is 30.6 Å². The maximum Gasteiger partial charge on any atom is 0.0556 e. The molecule has 0 atom stereocenters. The number of benzene rings is 4. The van der Waals surface area contributed by atoms with E-state index in [1.807, 2.05) is 6.07 Å². The predicted molar refractivity (Wildman–Crippen MR) is 114 cm³/mol. The first-order chi connectivity index (χ1) is 12.2. The van der Waals surface area contributed by atoms with Crippen molar-refractivity contribution in [2.45, 2.75) is 0 Å². The summed E-state index contributed by atoms with van der Waals surface area (Å²) in [7, 11) is 0. The molecule has 5 aromatic rings. The molecule has 0 aliphatic heterocycles. The molecule has 0 saturated carbocycles. The average molecular weight is 451 g/mol. The fraction of sp³-hybridized carbons (Fsp3) is 0. The number of aromatic nitrogens is 1. The molecule has 1 aromatic heterocycles. The van der Waals surface area contributed by atoms with Gasteiger partial charge in [-0.1, -0.05) is 80.4 Å². The molecule has 0 spiro atoms. The van der Waals surface area contributed by atoms with Gasteiger partial charge in [0.05, 0.1) is 5.52 Å². The Balaban J connectivity index is 1.86. The van der Waals surface area contributed by atoms with Crippen LogP contribution in [0.5, 0.6) is 0 Å². The molecule has 1 N–H and O–H groups in total. The summed E-state index contributed by atoms with van der Waals surface area (Å²) in [6, 6.07) is 25.8. The van der Waals surface area contributed by atoms with Gasteiger partial charge in [-0.05, 0) is 40.8 Å². The van der Waals surface area contributed by atoms with Gasteiger partial charge in [0.2, 0.25) is 0 Å². The van der Waals surface area contributed by atoms with Crippen LogP contribution in [0, 0.1) is 0 Å². The number of rotatable bonds is 1. The zero-order chi connectivity index (χ0) is 17.0. The molecule has 0 unspecified atom stereocenters. The van der Waals surface area contributed by atoms with Crippen molar-refractivity contribution in [3.05, 3.63) is 81.7 Å². The van der Waals surface area contributed by atoms with E-state index in [9.17, 15) is 0 Å². The van der Waals surface area contributed by atoms with Crippen LogP contribution in [0.3, 0.4) is 0 Å². The van der Waals surface area contributed by atoms with Crippen molar-refractivity contribution in [2.75, 3.05) is 0 Å². The highest BCUT2D eigenvalue weighted by molar-refractivity contribution is 9.11. The number of hydrogen-bond donors (Lipinski definition) is 1. The highest BCUT2D eigenvalue weighted by Crippen LogP contribution is 2.38. The molecule has 120 valence electrons. The lowest BCUT2D eigenvalue weighted by Crippen LogP contribution is -1.78. The fourth-order valence-electron chi connectivity index (χ4n) is 3.55. The van der Waals surface area contributed by atoms with Crippen molar-refractivity contribution in [3.8, 4) is 11.1 Å². The molecule has 0 bridgehead atoms. The van der Waals surface area contributed by atoms with Gasteiger partial charge in [0.25, 0.3) is 0 Å². The number of fused-ring (bicyclic) bond motifs is 5. The summed E-state index contributed by atoms with van der Waals surface area (Å²) < 4.78 is 2.21. The fourth-order valence-corrected chi connectivity index (χ4v) is 4.58. The monoisotopic (exact) mass is 449 g/mol. The Bertz CT molecular complexity index is 1250. The Morgan fingerprint density at radius 3 is 2.32 bits per heavy atom. The molecule has 4 aromatic carbocycles. The summed E-state index contributed by atoms with van der Waals surface area (Å²) in [4.78, 5) is 3.65. The van der Waals surface area contributed by atoms with E-state index in [2.05, 4.69) is 104 Å². The van der Waals surface area contributed by atoms with E-state index >= 15 is 0 Å². The minimum absolute atomic E-state index is 1.09. The zero-order valence-electron chi connectivity index (χ0n) is 13.2. The summed E-state index contributed by atoms with van der Waals surface area (Å²) in [5.41, 5.74) is 4.79. The third kappa shape index (κ3) is 2.42. The van der Waals surface area contributed by atoms with E-state index in [0.717, 1.165) is 14.5 Å². The quantitative estimate of drug-likeness (QED) is 0.269. The average Bonchev–Trinajstić information content (AvgIpc) is 3.01. The maximum atomic E-state index is 3.77. The number of halogens is 2. The van der Waals surface area contributed by atoms with Gasteiger partial charge in [0.15, 0.2) is 0 Å². The van der Waals surface area contributed by atoms with Crippen LogP contribution in [0.25, 0.3) is 43.7 Å². The Hall–Kier alpha value is -2.10. The second-order valence-electron chi connectivity index (χ2n) is 6.23. The Morgan fingerprint density at radius 1 is 0.680 bits per heavy atom. The molecule has 0 aliphatic rings. The van der Waals surface area contributed by atoms with E-state index in [0.29, 0.717) is 0 Å². The van der Waals surface area contributed by atoms with Gasteiger partial charge in [-0.2, -0.15) is 0 Å². The molecule has 0 fully saturated rings. The van der Waals surface area contributed by atoms with Crippen LogP contribution in [0.4, 0.5) is 0 Å². The molecular formula is C22H13Br2N. The number of nitrogens with one attached hydrogen (secondary N) is 1. The van der Waals surface area contributed by atoms with Crippen LogP contribution in [0.2, 0.25) is 0 Å². The lowest BCUT2D eigenvalue weighted by molar-refractivity contribution is 1.55. The van der Waals surface area contributed by atoms with Gasteiger partial charge in [-0.25, -0.2) is 0 Å². The lowest BCUT2D eigenvalue weighted by Gasteiger charge is -2.04. The number of aromatic amines is 1. The molecule has 5 rings (SSSR count). The summed E-state index contributed by atoms with van der Waals surface area (Å²) in [6.07, 6.45) is 0. The van der Waals surface area contributed by atoms with Crippen LogP contribution in [-0.4, -0.2) is 4.98 Å². The van der Waals surface area contributed by atoms with Crippen molar-refractivity contribution in [1.82, 2.24) is 4.98 Å². The summed E-state index contributed by atoms with van der Waals surface area (Å²) in [6.45, 7) is 0. The van der Waals surface area contributed by atoms with Crippen LogP contribution >= 0.6 is 31.9 Å². The van der Waals surface area contributed by atoms with Gasteiger partial charge < -0.3 is 4.98 Å². The van der Waals surface area contributed by atoms with Crippen molar-refractivity contribution in [2.24, 2.45) is 0 Å². The lowest BCUT2D eigenvalue weighted by atomic mass is 10.0. The van der Waals surface area contributed by atoms with Crippen molar-refractivity contribution < 1.29 is 0 Å². The van der Waals surface area contributed by atoms with Crippen LogP contribution in [-0.2, 0) is 0 Å². The van der Waals surface area contributed by atoms with E-state index < -0.39 is 0 Å². The predicted octanol–water partition coefficient (Wildman–Crippen LogP) is 7.67. The van der Waals surface area contributed by atoms with E-state index in [1.165, 1.54) is 38.2 Å². The van der Waals surface area contributed by atoms with E-state index in [4.69, 9.17) is 0 Å². The first-order valence-corrected chi connectivity index (χ1v) is 9.68. The normalized spacial score (nSPS) is 11.6. The zero-order valence-corrected chi connectivity index (χ0v) is 16.4. The van der Waals surface area contributed by atoms with Gasteiger partial charge in [-0.3, -0.25) is 0 Å². The highest BCUT2D eigenvalue weighted by atomic mass is 79.9. The molecule has 0 saturated heterocycles. The maximum absolute atomic E-state index is 3.77. The molecular weight excluding hydrogens is 438 g/mol. The molecule has 0 radical (unpaired) electrons. The van der Waals surface area contributed by atoms with Crippen LogP contribution in [0.1, 0.15) is 0 Å². The standard InChI is InChI=1S/C22H13Br2N/c23-16-7-9-17-15(10-16)11-19(24)21-18-8-6-14(12-20(18)25-22(17)21)13-4-2-1-3-5-13/h1-12,25H. The Labute approximate surface area is 161 Å². The number of H-pyrrole nitrogens is 1. The second-order valence-corrected chi connectivity index (χ2v) is 8.00.